The van der Waals surface area contributed by atoms with Crippen LogP contribution in [0.4, 0.5) is 0 Å². The fourth-order valence-corrected chi connectivity index (χ4v) is 1.12. The number of hydrogen-bond acceptors (Lipinski definition) is 3. The normalized spacial score (nSPS) is 9.67. The Balaban J connectivity index is 2.53. The molecule has 1 heterocycles. The van der Waals surface area contributed by atoms with Gasteiger partial charge < -0.3 is 4.74 Å². The van der Waals surface area contributed by atoms with Gasteiger partial charge in [-0.05, 0) is 24.1 Å². The number of nitrogens with zero attached hydrogens (tertiary/aromatic N) is 4. The van der Waals surface area contributed by atoms with Crippen LogP contribution in [0.25, 0.3) is 10.4 Å². The van der Waals surface area contributed by atoms with Crippen LogP contribution in [-0.2, 0) is 17.9 Å². The lowest BCUT2D eigenvalue weighted by atomic mass is 10.3. The maximum absolute atomic E-state index is 8.18. The molecule has 0 aromatic carbocycles. The SMILES string of the molecule is CCCOCc1cccc(CN=[N+]=[N-])n1. The van der Waals surface area contributed by atoms with E-state index in [9.17, 15) is 0 Å². The molecule has 1 aromatic rings. The van der Waals surface area contributed by atoms with Crippen molar-refractivity contribution in [1.82, 2.24) is 4.98 Å². The number of rotatable bonds is 6. The number of pyridine rings is 1. The predicted octanol–water partition coefficient (Wildman–Crippen LogP) is 2.82. The van der Waals surface area contributed by atoms with Crippen LogP contribution < -0.4 is 0 Å². The van der Waals surface area contributed by atoms with Crippen LogP contribution in [0.1, 0.15) is 24.7 Å². The first kappa shape index (κ1) is 11.5. The smallest absolute Gasteiger partial charge is 0.0887 e. The summed E-state index contributed by atoms with van der Waals surface area (Å²) in [6, 6.07) is 5.62. The molecule has 0 unspecified atom stereocenters. The lowest BCUT2D eigenvalue weighted by Crippen LogP contribution is -1.98. The van der Waals surface area contributed by atoms with Crippen LogP contribution in [0, 0.1) is 0 Å². The second-order valence-electron chi connectivity index (χ2n) is 3.06. The van der Waals surface area contributed by atoms with E-state index >= 15 is 0 Å². The van der Waals surface area contributed by atoms with E-state index in [1.165, 1.54) is 0 Å². The third kappa shape index (κ3) is 4.44. The number of hydrogen-bond donors (Lipinski definition) is 0. The molecular weight excluding hydrogens is 192 g/mol. The molecule has 0 aliphatic heterocycles. The van der Waals surface area contributed by atoms with Crippen molar-refractivity contribution in [2.45, 2.75) is 26.5 Å². The Kier molecular flexibility index (Phi) is 5.22. The summed E-state index contributed by atoms with van der Waals surface area (Å²) >= 11 is 0. The topological polar surface area (TPSA) is 70.9 Å². The van der Waals surface area contributed by atoms with E-state index in [-0.39, 0.29) is 6.54 Å². The second kappa shape index (κ2) is 6.81. The molecule has 0 spiro atoms. The van der Waals surface area contributed by atoms with Crippen LogP contribution in [0.3, 0.4) is 0 Å². The van der Waals surface area contributed by atoms with E-state index in [1.54, 1.807) is 0 Å². The largest absolute Gasteiger partial charge is 0.375 e. The summed E-state index contributed by atoms with van der Waals surface area (Å²) in [6.07, 6.45) is 0.998. The van der Waals surface area contributed by atoms with Gasteiger partial charge in [-0.3, -0.25) is 4.98 Å². The Hall–Kier alpha value is -1.58. The van der Waals surface area contributed by atoms with Gasteiger partial charge in [-0.15, -0.1) is 0 Å². The maximum Gasteiger partial charge on any atom is 0.0887 e. The standard InChI is InChI=1S/C10H14N4O/c1-2-6-15-8-10-5-3-4-9(13-10)7-12-14-11/h3-5H,2,6-8H2,1H3. The molecule has 0 aliphatic carbocycles. The van der Waals surface area contributed by atoms with Crippen LogP contribution >= 0.6 is 0 Å². The van der Waals surface area contributed by atoms with E-state index in [0.717, 1.165) is 24.4 Å². The van der Waals surface area contributed by atoms with Gasteiger partial charge in [0.15, 0.2) is 0 Å². The highest BCUT2D eigenvalue weighted by atomic mass is 16.5. The van der Waals surface area contributed by atoms with Crippen molar-refractivity contribution < 1.29 is 4.74 Å². The van der Waals surface area contributed by atoms with E-state index in [4.69, 9.17) is 10.3 Å². The van der Waals surface area contributed by atoms with Gasteiger partial charge in [-0.2, -0.15) is 0 Å². The van der Waals surface area contributed by atoms with E-state index < -0.39 is 0 Å². The quantitative estimate of drug-likeness (QED) is 0.311. The van der Waals surface area contributed by atoms with E-state index in [0.29, 0.717) is 6.61 Å². The third-order valence-corrected chi connectivity index (χ3v) is 1.76. The Morgan fingerprint density at radius 1 is 1.47 bits per heavy atom. The molecule has 0 fully saturated rings. The summed E-state index contributed by atoms with van der Waals surface area (Å²) in [5.41, 5.74) is 9.81. The number of azide groups is 1. The molecule has 0 radical (unpaired) electrons. The average molecular weight is 206 g/mol. The molecule has 1 aromatic heterocycles. The summed E-state index contributed by atoms with van der Waals surface area (Å²) in [5, 5.41) is 3.46. The Morgan fingerprint density at radius 3 is 3.00 bits per heavy atom. The van der Waals surface area contributed by atoms with Crippen molar-refractivity contribution in [2.75, 3.05) is 6.61 Å². The van der Waals surface area contributed by atoms with Gasteiger partial charge in [0, 0.05) is 17.2 Å². The van der Waals surface area contributed by atoms with Gasteiger partial charge in [0.25, 0.3) is 0 Å². The van der Waals surface area contributed by atoms with E-state index in [1.807, 2.05) is 18.2 Å². The lowest BCUT2D eigenvalue weighted by molar-refractivity contribution is 0.119. The van der Waals surface area contributed by atoms with Crippen molar-refractivity contribution >= 4 is 0 Å². The summed E-state index contributed by atoms with van der Waals surface area (Å²) in [5.74, 6) is 0. The molecule has 0 saturated heterocycles. The minimum Gasteiger partial charge on any atom is -0.375 e. The van der Waals surface area contributed by atoms with Crippen molar-refractivity contribution in [1.29, 1.82) is 0 Å². The minimum absolute atomic E-state index is 0.290. The molecular formula is C10H14N4O. The molecule has 0 aliphatic rings. The molecule has 0 N–H and O–H groups in total. The van der Waals surface area contributed by atoms with Crippen molar-refractivity contribution in [3.05, 3.63) is 40.0 Å². The molecule has 0 amide bonds. The highest BCUT2D eigenvalue weighted by Crippen LogP contribution is 2.03. The van der Waals surface area contributed by atoms with Crippen molar-refractivity contribution in [3.63, 3.8) is 0 Å². The fraction of sp³-hybridized carbons (Fsp3) is 0.500. The average Bonchev–Trinajstić information content (AvgIpc) is 2.27. The van der Waals surface area contributed by atoms with E-state index in [2.05, 4.69) is 21.9 Å². The lowest BCUT2D eigenvalue weighted by Gasteiger charge is -2.03. The Bertz CT molecular complexity index is 347. The monoisotopic (exact) mass is 206 g/mol. The molecule has 5 heteroatoms. The summed E-state index contributed by atoms with van der Waals surface area (Å²) < 4.78 is 5.36. The summed E-state index contributed by atoms with van der Waals surface area (Å²) in [6.45, 7) is 3.60. The molecule has 5 nitrogen and oxygen atoms in total. The fourth-order valence-electron chi connectivity index (χ4n) is 1.12. The minimum atomic E-state index is 0.290. The zero-order valence-corrected chi connectivity index (χ0v) is 8.76. The molecule has 15 heavy (non-hydrogen) atoms. The number of aromatic nitrogens is 1. The highest BCUT2D eigenvalue weighted by Gasteiger charge is 1.96. The van der Waals surface area contributed by atoms with Crippen LogP contribution in [-0.4, -0.2) is 11.6 Å². The van der Waals surface area contributed by atoms with Crippen LogP contribution in [0.2, 0.25) is 0 Å². The molecule has 0 atom stereocenters. The van der Waals surface area contributed by atoms with Crippen molar-refractivity contribution in [2.24, 2.45) is 5.11 Å². The first-order valence-corrected chi connectivity index (χ1v) is 4.90. The highest BCUT2D eigenvalue weighted by molar-refractivity contribution is 5.10. The number of ether oxygens (including phenoxy) is 1. The third-order valence-electron chi connectivity index (χ3n) is 1.76. The summed E-state index contributed by atoms with van der Waals surface area (Å²) in [7, 11) is 0. The van der Waals surface area contributed by atoms with Gasteiger partial charge in [0.05, 0.1) is 18.8 Å². The Labute approximate surface area is 88.7 Å². The first-order valence-electron chi connectivity index (χ1n) is 4.90. The zero-order valence-electron chi connectivity index (χ0n) is 8.76. The molecule has 80 valence electrons. The zero-order chi connectivity index (χ0) is 10.9. The maximum atomic E-state index is 8.18. The van der Waals surface area contributed by atoms with Gasteiger partial charge >= 0.3 is 0 Å². The van der Waals surface area contributed by atoms with Gasteiger partial charge in [-0.1, -0.05) is 18.1 Å². The predicted molar refractivity (Wildman–Crippen MR) is 57.0 cm³/mol. The molecule has 0 saturated carbocycles. The second-order valence-corrected chi connectivity index (χ2v) is 3.06. The van der Waals surface area contributed by atoms with Crippen LogP contribution in [0.5, 0.6) is 0 Å². The van der Waals surface area contributed by atoms with Gasteiger partial charge in [-0.25, -0.2) is 0 Å². The van der Waals surface area contributed by atoms with Gasteiger partial charge in [0.2, 0.25) is 0 Å². The van der Waals surface area contributed by atoms with Crippen LogP contribution in [0.15, 0.2) is 23.3 Å². The Morgan fingerprint density at radius 2 is 2.27 bits per heavy atom. The molecule has 0 bridgehead atoms. The first-order chi connectivity index (χ1) is 7.36. The van der Waals surface area contributed by atoms with Crippen molar-refractivity contribution in [3.8, 4) is 0 Å². The van der Waals surface area contributed by atoms with Gasteiger partial charge in [0.1, 0.15) is 0 Å². The summed E-state index contributed by atoms with van der Waals surface area (Å²) in [4.78, 5) is 6.98. The molecule has 1 rings (SSSR count).